The van der Waals surface area contributed by atoms with E-state index >= 15 is 0 Å². The minimum Gasteiger partial charge on any atom is -0.356 e. The number of hydrogen-bond acceptors (Lipinski definition) is 3. The average Bonchev–Trinajstić information content (AvgIpc) is 2.90. The second-order valence-corrected chi connectivity index (χ2v) is 6.73. The van der Waals surface area contributed by atoms with Crippen molar-refractivity contribution in [3.8, 4) is 0 Å². The first kappa shape index (κ1) is 14.8. The first-order valence-corrected chi connectivity index (χ1v) is 8.28. The van der Waals surface area contributed by atoms with Crippen LogP contribution in [0.3, 0.4) is 0 Å². The zero-order valence-electron chi connectivity index (χ0n) is 10.9. The van der Waals surface area contributed by atoms with Crippen molar-refractivity contribution >= 4 is 44.7 Å². The highest BCUT2D eigenvalue weighted by Crippen LogP contribution is 2.25. The Morgan fingerprint density at radius 3 is 2.95 bits per heavy atom. The third kappa shape index (κ3) is 3.71. The summed E-state index contributed by atoms with van der Waals surface area (Å²) in [6, 6.07) is 6.68. The third-order valence-electron chi connectivity index (χ3n) is 3.13. The van der Waals surface area contributed by atoms with Crippen molar-refractivity contribution in [3.05, 3.63) is 44.7 Å². The summed E-state index contributed by atoms with van der Waals surface area (Å²) in [5.41, 5.74) is 1.05. The molecule has 0 aliphatic heterocycles. The van der Waals surface area contributed by atoms with Gasteiger partial charge in [-0.2, -0.15) is 0 Å². The molecule has 0 aliphatic carbocycles. The first-order chi connectivity index (χ1) is 9.11. The lowest BCUT2D eigenvalue weighted by molar-refractivity contribution is 0.678. The van der Waals surface area contributed by atoms with E-state index in [-0.39, 0.29) is 0 Å². The molecule has 1 atom stereocenters. The van der Waals surface area contributed by atoms with E-state index in [4.69, 9.17) is 11.6 Å². The molecule has 0 aliphatic rings. The molecule has 2 nitrogen and oxygen atoms in total. The van der Waals surface area contributed by atoms with Gasteiger partial charge in [0.2, 0.25) is 0 Å². The van der Waals surface area contributed by atoms with E-state index in [1.54, 1.807) is 11.3 Å². The molecule has 0 saturated heterocycles. The van der Waals surface area contributed by atoms with E-state index in [2.05, 4.69) is 57.3 Å². The molecule has 0 saturated carbocycles. The number of rotatable bonds is 5. The SMILES string of the molecule is CC(Cc1cccs1)N(C)c1ncc(Br)cc1CCl. The maximum absolute atomic E-state index is 6.01. The van der Waals surface area contributed by atoms with Gasteiger partial charge in [-0.3, -0.25) is 0 Å². The van der Waals surface area contributed by atoms with E-state index in [1.807, 2.05) is 12.3 Å². The van der Waals surface area contributed by atoms with Crippen LogP contribution in [-0.4, -0.2) is 18.1 Å². The van der Waals surface area contributed by atoms with Crippen LogP contribution >= 0.6 is 38.9 Å². The minimum absolute atomic E-state index is 0.384. The van der Waals surface area contributed by atoms with Crippen molar-refractivity contribution in [1.82, 2.24) is 4.98 Å². The molecular formula is C14H16BrClN2S. The van der Waals surface area contributed by atoms with Gasteiger partial charge in [-0.1, -0.05) is 6.07 Å². The summed E-state index contributed by atoms with van der Waals surface area (Å²) < 4.78 is 0.964. The van der Waals surface area contributed by atoms with Crippen LogP contribution in [0.2, 0.25) is 0 Å². The lowest BCUT2D eigenvalue weighted by Gasteiger charge is -2.27. The molecule has 0 fully saturated rings. The third-order valence-corrected chi connectivity index (χ3v) is 4.75. The summed E-state index contributed by atoms with van der Waals surface area (Å²) in [6.45, 7) is 2.21. The summed E-state index contributed by atoms with van der Waals surface area (Å²) in [7, 11) is 2.07. The fourth-order valence-electron chi connectivity index (χ4n) is 1.96. The Hall–Kier alpha value is -0.580. The number of nitrogens with zero attached hydrogens (tertiary/aromatic N) is 2. The van der Waals surface area contributed by atoms with Crippen LogP contribution in [0.5, 0.6) is 0 Å². The van der Waals surface area contributed by atoms with E-state index in [0.717, 1.165) is 22.3 Å². The Bertz CT molecular complexity index is 530. The zero-order valence-corrected chi connectivity index (χ0v) is 14.1. The normalized spacial score (nSPS) is 12.4. The summed E-state index contributed by atoms with van der Waals surface area (Å²) in [4.78, 5) is 8.09. The number of likely N-dealkylation sites (N-methyl/N-ethyl adjacent to an activating group) is 1. The molecule has 2 heterocycles. The van der Waals surface area contributed by atoms with Gasteiger partial charge in [-0.05, 0) is 40.4 Å². The molecule has 2 rings (SSSR count). The molecule has 102 valence electrons. The predicted molar refractivity (Wildman–Crippen MR) is 87.4 cm³/mol. The van der Waals surface area contributed by atoms with E-state index in [9.17, 15) is 0 Å². The number of thiophene rings is 1. The average molecular weight is 360 g/mol. The van der Waals surface area contributed by atoms with Crippen molar-refractivity contribution in [1.29, 1.82) is 0 Å². The van der Waals surface area contributed by atoms with Gasteiger partial charge in [0.05, 0.1) is 5.88 Å². The van der Waals surface area contributed by atoms with Gasteiger partial charge in [0.15, 0.2) is 0 Å². The molecule has 0 aromatic carbocycles. The fourth-order valence-corrected chi connectivity index (χ4v) is 3.36. The van der Waals surface area contributed by atoms with Crippen molar-refractivity contribution in [3.63, 3.8) is 0 Å². The van der Waals surface area contributed by atoms with Gasteiger partial charge in [0, 0.05) is 40.6 Å². The molecule has 0 bridgehead atoms. The fraction of sp³-hybridized carbons (Fsp3) is 0.357. The molecule has 1 unspecified atom stereocenters. The second-order valence-electron chi connectivity index (χ2n) is 4.51. The van der Waals surface area contributed by atoms with Crippen molar-refractivity contribution < 1.29 is 0 Å². The van der Waals surface area contributed by atoms with Gasteiger partial charge in [0.1, 0.15) is 5.82 Å². The molecule has 2 aromatic rings. The summed E-state index contributed by atoms with van der Waals surface area (Å²) >= 11 is 11.2. The summed E-state index contributed by atoms with van der Waals surface area (Å²) in [5, 5.41) is 2.12. The lowest BCUT2D eigenvalue weighted by atomic mass is 10.1. The maximum Gasteiger partial charge on any atom is 0.133 e. The van der Waals surface area contributed by atoms with Crippen LogP contribution in [0.1, 0.15) is 17.4 Å². The Morgan fingerprint density at radius 2 is 2.32 bits per heavy atom. The number of pyridine rings is 1. The largest absolute Gasteiger partial charge is 0.356 e. The molecule has 0 radical (unpaired) electrons. The Labute approximate surface area is 131 Å². The molecule has 0 N–H and O–H groups in total. The van der Waals surface area contributed by atoms with Crippen LogP contribution in [0.4, 0.5) is 5.82 Å². The maximum atomic E-state index is 6.01. The zero-order chi connectivity index (χ0) is 13.8. The van der Waals surface area contributed by atoms with Crippen molar-refractivity contribution in [2.75, 3.05) is 11.9 Å². The molecular weight excluding hydrogens is 344 g/mol. The van der Waals surface area contributed by atoms with Crippen molar-refractivity contribution in [2.45, 2.75) is 25.3 Å². The van der Waals surface area contributed by atoms with Crippen LogP contribution in [0, 0.1) is 0 Å². The summed E-state index contributed by atoms with van der Waals surface area (Å²) in [6.07, 6.45) is 2.84. The lowest BCUT2D eigenvalue weighted by Crippen LogP contribution is -2.32. The van der Waals surface area contributed by atoms with Gasteiger partial charge in [-0.25, -0.2) is 4.98 Å². The highest BCUT2D eigenvalue weighted by molar-refractivity contribution is 9.10. The molecule has 5 heteroatoms. The Kier molecular flexibility index (Phi) is 5.25. The monoisotopic (exact) mass is 358 g/mol. The first-order valence-electron chi connectivity index (χ1n) is 6.07. The smallest absolute Gasteiger partial charge is 0.133 e. The second kappa shape index (κ2) is 6.73. The molecule has 0 spiro atoms. The number of alkyl halides is 1. The van der Waals surface area contributed by atoms with Crippen LogP contribution in [0.15, 0.2) is 34.2 Å². The van der Waals surface area contributed by atoms with Crippen LogP contribution < -0.4 is 4.90 Å². The highest BCUT2D eigenvalue weighted by atomic mass is 79.9. The molecule has 2 aromatic heterocycles. The highest BCUT2D eigenvalue weighted by Gasteiger charge is 2.15. The predicted octanol–water partition coefficient (Wildman–Crippen LogP) is 4.71. The number of anilines is 1. The van der Waals surface area contributed by atoms with Crippen LogP contribution in [-0.2, 0) is 12.3 Å². The van der Waals surface area contributed by atoms with Gasteiger partial charge < -0.3 is 4.90 Å². The minimum atomic E-state index is 0.384. The standard InChI is InChI=1S/C14H16BrClN2S/c1-10(6-13-4-3-5-19-13)18(2)14-11(8-16)7-12(15)9-17-14/h3-5,7,9-10H,6,8H2,1-2H3. The van der Waals surface area contributed by atoms with Crippen LogP contribution in [0.25, 0.3) is 0 Å². The number of aromatic nitrogens is 1. The number of hydrogen-bond donors (Lipinski definition) is 0. The Balaban J connectivity index is 2.16. The Morgan fingerprint density at radius 1 is 1.53 bits per heavy atom. The quantitative estimate of drug-likeness (QED) is 0.719. The van der Waals surface area contributed by atoms with Crippen molar-refractivity contribution in [2.24, 2.45) is 0 Å². The van der Waals surface area contributed by atoms with Gasteiger partial charge in [0.25, 0.3) is 0 Å². The number of halogens is 2. The molecule has 19 heavy (non-hydrogen) atoms. The van der Waals surface area contributed by atoms with Gasteiger partial charge >= 0.3 is 0 Å². The topological polar surface area (TPSA) is 16.1 Å². The van der Waals surface area contributed by atoms with E-state index in [0.29, 0.717) is 11.9 Å². The molecule has 0 amide bonds. The van der Waals surface area contributed by atoms with E-state index < -0.39 is 0 Å². The van der Waals surface area contributed by atoms with E-state index in [1.165, 1.54) is 4.88 Å². The summed E-state index contributed by atoms with van der Waals surface area (Å²) in [5.74, 6) is 1.43. The van der Waals surface area contributed by atoms with Gasteiger partial charge in [-0.15, -0.1) is 22.9 Å².